The molecule has 0 bridgehead atoms. The van der Waals surface area contributed by atoms with Gasteiger partial charge in [-0.15, -0.1) is 0 Å². The zero-order chi connectivity index (χ0) is 14.3. The highest BCUT2D eigenvalue weighted by Gasteiger charge is 2.14. The summed E-state index contributed by atoms with van der Waals surface area (Å²) in [5.74, 6) is 0.400. The van der Waals surface area contributed by atoms with Crippen molar-refractivity contribution in [3.63, 3.8) is 0 Å². The number of amides is 1. The molecule has 0 spiro atoms. The molecule has 0 aliphatic rings. The topological polar surface area (TPSA) is 73.6 Å². The smallest absolute Gasteiger partial charge is 0.237 e. The summed E-state index contributed by atoms with van der Waals surface area (Å²) >= 11 is 6.07. The quantitative estimate of drug-likeness (QED) is 0.793. The third-order valence-electron chi connectivity index (χ3n) is 2.70. The second-order valence-electron chi connectivity index (χ2n) is 4.03. The van der Waals surface area contributed by atoms with Crippen molar-refractivity contribution >= 4 is 17.5 Å². The maximum atomic E-state index is 11.8. The number of nitrogens with two attached hydrogens (primary N) is 1. The van der Waals surface area contributed by atoms with Crippen molar-refractivity contribution in [3.8, 4) is 5.75 Å². The molecule has 1 amide bonds. The minimum absolute atomic E-state index is 0.237. The Kier molecular flexibility index (Phi) is 6.62. The molecule has 6 heteroatoms. The van der Waals surface area contributed by atoms with Crippen LogP contribution in [0.4, 0.5) is 0 Å². The number of halogens is 1. The summed E-state index contributed by atoms with van der Waals surface area (Å²) in [4.78, 5) is 11.8. The van der Waals surface area contributed by atoms with Crippen LogP contribution in [-0.4, -0.2) is 32.8 Å². The lowest BCUT2D eigenvalue weighted by Crippen LogP contribution is -2.40. The van der Waals surface area contributed by atoms with Gasteiger partial charge >= 0.3 is 0 Å². The lowest BCUT2D eigenvalue weighted by Gasteiger charge is -2.14. The highest BCUT2D eigenvalue weighted by Crippen LogP contribution is 2.25. The van der Waals surface area contributed by atoms with E-state index in [1.165, 1.54) is 0 Å². The molecule has 0 saturated carbocycles. The number of rotatable bonds is 7. The van der Waals surface area contributed by atoms with E-state index < -0.39 is 6.04 Å². The summed E-state index contributed by atoms with van der Waals surface area (Å²) in [5.41, 5.74) is 6.45. The molecular weight excluding hydrogens is 268 g/mol. The van der Waals surface area contributed by atoms with Crippen LogP contribution in [0.25, 0.3) is 0 Å². The summed E-state index contributed by atoms with van der Waals surface area (Å²) in [7, 11) is 3.13. The number of nitrogens with one attached hydrogen (secondary N) is 1. The average molecular weight is 287 g/mol. The summed E-state index contributed by atoms with van der Waals surface area (Å²) in [6, 6.07) is 4.74. The number of methoxy groups -OCH3 is 2. The Bertz CT molecular complexity index is 426. The Balaban J connectivity index is 2.59. The number of carbonyl (C=O) groups is 1. The van der Waals surface area contributed by atoms with Gasteiger partial charge in [-0.25, -0.2) is 0 Å². The first-order valence-electron chi connectivity index (χ1n) is 5.93. The Morgan fingerprint density at radius 2 is 2.21 bits per heavy atom. The van der Waals surface area contributed by atoms with Crippen LogP contribution < -0.4 is 15.8 Å². The van der Waals surface area contributed by atoms with Gasteiger partial charge in [0.1, 0.15) is 5.75 Å². The highest BCUT2D eigenvalue weighted by atomic mass is 35.5. The molecule has 1 aromatic rings. The van der Waals surface area contributed by atoms with E-state index in [0.717, 1.165) is 5.56 Å². The normalized spacial score (nSPS) is 12.0. The van der Waals surface area contributed by atoms with Gasteiger partial charge in [-0.2, -0.15) is 0 Å². The van der Waals surface area contributed by atoms with Crippen molar-refractivity contribution in [2.75, 3.05) is 20.8 Å². The van der Waals surface area contributed by atoms with E-state index in [1.54, 1.807) is 32.4 Å². The minimum Gasteiger partial charge on any atom is -0.496 e. The lowest BCUT2D eigenvalue weighted by atomic mass is 10.1. The van der Waals surface area contributed by atoms with E-state index in [1.807, 2.05) is 0 Å². The Morgan fingerprint density at radius 3 is 2.84 bits per heavy atom. The van der Waals surface area contributed by atoms with Crippen LogP contribution in [0.5, 0.6) is 5.75 Å². The van der Waals surface area contributed by atoms with Gasteiger partial charge in [0.15, 0.2) is 0 Å². The monoisotopic (exact) mass is 286 g/mol. The number of hydrogen-bond donors (Lipinski definition) is 2. The van der Waals surface area contributed by atoms with E-state index in [-0.39, 0.29) is 12.5 Å². The lowest BCUT2D eigenvalue weighted by molar-refractivity contribution is -0.122. The van der Waals surface area contributed by atoms with Crippen LogP contribution in [0.15, 0.2) is 18.2 Å². The number of benzene rings is 1. The van der Waals surface area contributed by atoms with Gasteiger partial charge in [-0.05, 0) is 18.6 Å². The molecule has 19 heavy (non-hydrogen) atoms. The zero-order valence-electron chi connectivity index (χ0n) is 11.1. The van der Waals surface area contributed by atoms with Crippen molar-refractivity contribution < 1.29 is 14.3 Å². The molecule has 0 aliphatic carbocycles. The molecule has 0 aromatic heterocycles. The van der Waals surface area contributed by atoms with Gasteiger partial charge in [0.25, 0.3) is 0 Å². The fourth-order valence-corrected chi connectivity index (χ4v) is 1.82. The van der Waals surface area contributed by atoms with Gasteiger partial charge < -0.3 is 20.5 Å². The predicted molar refractivity (Wildman–Crippen MR) is 74.3 cm³/mol. The summed E-state index contributed by atoms with van der Waals surface area (Å²) in [6.45, 7) is 0.729. The molecule has 5 nitrogen and oxygen atoms in total. The van der Waals surface area contributed by atoms with Crippen molar-refractivity contribution in [3.05, 3.63) is 28.8 Å². The summed E-state index contributed by atoms with van der Waals surface area (Å²) < 4.78 is 10.1. The van der Waals surface area contributed by atoms with Gasteiger partial charge in [0.2, 0.25) is 5.91 Å². The van der Waals surface area contributed by atoms with E-state index >= 15 is 0 Å². The molecule has 1 atom stereocenters. The molecule has 3 N–H and O–H groups in total. The van der Waals surface area contributed by atoms with Gasteiger partial charge in [-0.1, -0.05) is 17.7 Å². The molecule has 1 rings (SSSR count). The zero-order valence-corrected chi connectivity index (χ0v) is 11.9. The Labute approximate surface area is 118 Å². The SMILES string of the molecule is COCCC(N)C(=O)NCc1c(Cl)cccc1OC. The highest BCUT2D eigenvalue weighted by molar-refractivity contribution is 6.31. The molecule has 1 aromatic carbocycles. The van der Waals surface area contributed by atoms with Crippen LogP contribution in [0.2, 0.25) is 5.02 Å². The number of hydrogen-bond acceptors (Lipinski definition) is 4. The van der Waals surface area contributed by atoms with Crippen molar-refractivity contribution in [1.29, 1.82) is 0 Å². The second-order valence-corrected chi connectivity index (χ2v) is 4.43. The molecule has 106 valence electrons. The molecule has 0 heterocycles. The van der Waals surface area contributed by atoms with Crippen molar-refractivity contribution in [1.82, 2.24) is 5.32 Å². The fraction of sp³-hybridized carbons (Fsp3) is 0.462. The minimum atomic E-state index is -0.589. The standard InChI is InChI=1S/C13H19ClN2O3/c1-18-7-6-11(15)13(17)16-8-9-10(14)4-3-5-12(9)19-2/h3-5,11H,6-8,15H2,1-2H3,(H,16,17). The summed E-state index contributed by atoms with van der Waals surface area (Å²) in [6.07, 6.45) is 0.474. The van der Waals surface area contributed by atoms with E-state index in [2.05, 4.69) is 5.32 Å². The maximum absolute atomic E-state index is 11.8. The first-order chi connectivity index (χ1) is 9.10. The molecule has 0 fully saturated rings. The van der Waals surface area contributed by atoms with E-state index in [0.29, 0.717) is 23.8 Å². The Hall–Kier alpha value is -1.30. The molecule has 1 unspecified atom stereocenters. The molecule has 0 radical (unpaired) electrons. The maximum Gasteiger partial charge on any atom is 0.237 e. The van der Waals surface area contributed by atoms with Crippen LogP contribution >= 0.6 is 11.6 Å². The summed E-state index contributed by atoms with van der Waals surface area (Å²) in [5, 5.41) is 3.29. The third-order valence-corrected chi connectivity index (χ3v) is 3.06. The van der Waals surface area contributed by atoms with Crippen LogP contribution in [0, 0.1) is 0 Å². The molecule has 0 saturated heterocycles. The second kappa shape index (κ2) is 7.99. The molecular formula is C13H19ClN2O3. The predicted octanol–water partition coefficient (Wildman–Crippen LogP) is 1.33. The largest absolute Gasteiger partial charge is 0.496 e. The first-order valence-corrected chi connectivity index (χ1v) is 6.31. The van der Waals surface area contributed by atoms with Crippen molar-refractivity contribution in [2.45, 2.75) is 19.0 Å². The third kappa shape index (κ3) is 4.70. The van der Waals surface area contributed by atoms with Gasteiger partial charge in [0.05, 0.1) is 13.2 Å². The van der Waals surface area contributed by atoms with Crippen LogP contribution in [0.1, 0.15) is 12.0 Å². The number of carbonyl (C=O) groups excluding carboxylic acids is 1. The fourth-order valence-electron chi connectivity index (χ4n) is 1.58. The van der Waals surface area contributed by atoms with Crippen molar-refractivity contribution in [2.24, 2.45) is 5.73 Å². The first kappa shape index (κ1) is 15.8. The van der Waals surface area contributed by atoms with E-state index in [9.17, 15) is 4.79 Å². The van der Waals surface area contributed by atoms with Crippen LogP contribution in [-0.2, 0) is 16.1 Å². The Morgan fingerprint density at radius 1 is 1.47 bits per heavy atom. The van der Waals surface area contributed by atoms with Gasteiger partial charge in [0, 0.05) is 30.8 Å². The molecule has 0 aliphatic heterocycles. The van der Waals surface area contributed by atoms with Crippen LogP contribution in [0.3, 0.4) is 0 Å². The average Bonchev–Trinajstić information content (AvgIpc) is 2.42. The van der Waals surface area contributed by atoms with E-state index in [4.69, 9.17) is 26.8 Å². The number of ether oxygens (including phenoxy) is 2. The van der Waals surface area contributed by atoms with Gasteiger partial charge in [-0.3, -0.25) is 4.79 Å².